The lowest BCUT2D eigenvalue weighted by Crippen LogP contribution is -2.33. The first kappa shape index (κ1) is 22.9. The molecule has 0 spiro atoms. The zero-order chi connectivity index (χ0) is 23.5. The molecule has 174 valence electrons. The fourth-order valence-corrected chi connectivity index (χ4v) is 4.65. The molecule has 0 saturated carbocycles. The lowest BCUT2D eigenvalue weighted by Gasteiger charge is -2.28. The first-order chi connectivity index (χ1) is 16.0. The van der Waals surface area contributed by atoms with Crippen LogP contribution >= 0.6 is 0 Å². The second kappa shape index (κ2) is 9.67. The van der Waals surface area contributed by atoms with Crippen LogP contribution < -0.4 is 14.9 Å². The van der Waals surface area contributed by atoms with Gasteiger partial charge in [0.1, 0.15) is 5.58 Å². The number of nitrogens with zero attached hydrogens (tertiary/aromatic N) is 2. The predicted molar refractivity (Wildman–Crippen MR) is 127 cm³/mol. The molecule has 0 radical (unpaired) electrons. The summed E-state index contributed by atoms with van der Waals surface area (Å²) in [6, 6.07) is 11.9. The molecule has 0 aliphatic carbocycles. The van der Waals surface area contributed by atoms with E-state index in [4.69, 9.17) is 13.9 Å². The molecule has 2 aromatic carbocycles. The first-order valence-corrected chi connectivity index (χ1v) is 11.4. The van der Waals surface area contributed by atoms with E-state index in [0.29, 0.717) is 40.1 Å². The summed E-state index contributed by atoms with van der Waals surface area (Å²) >= 11 is 0. The minimum Gasteiger partial charge on any atom is -0.493 e. The minimum atomic E-state index is -0.616. The van der Waals surface area contributed by atoms with Gasteiger partial charge in [-0.15, -0.1) is 0 Å². The van der Waals surface area contributed by atoms with Crippen LogP contribution in [0.4, 0.5) is 0 Å². The Labute approximate surface area is 193 Å². The van der Waals surface area contributed by atoms with Crippen LogP contribution in [0.15, 0.2) is 51.7 Å². The van der Waals surface area contributed by atoms with Gasteiger partial charge in [-0.05, 0) is 44.3 Å². The van der Waals surface area contributed by atoms with E-state index in [9.17, 15) is 9.59 Å². The van der Waals surface area contributed by atoms with E-state index in [1.165, 1.54) is 0 Å². The first-order valence-electron chi connectivity index (χ1n) is 11.4. The van der Waals surface area contributed by atoms with Crippen molar-refractivity contribution in [3.63, 3.8) is 0 Å². The van der Waals surface area contributed by atoms with E-state index in [0.717, 1.165) is 26.1 Å². The maximum atomic E-state index is 13.6. The van der Waals surface area contributed by atoms with Gasteiger partial charge in [0, 0.05) is 12.1 Å². The molecular formula is C26H30N2O5. The Bertz CT molecular complexity index is 1220. The van der Waals surface area contributed by atoms with Crippen molar-refractivity contribution in [1.29, 1.82) is 0 Å². The third-order valence-corrected chi connectivity index (χ3v) is 6.37. The molecule has 3 aromatic rings. The largest absolute Gasteiger partial charge is 0.493 e. The summed E-state index contributed by atoms with van der Waals surface area (Å²) in [5.41, 5.74) is 1.28. The highest BCUT2D eigenvalue weighted by atomic mass is 16.5. The van der Waals surface area contributed by atoms with Gasteiger partial charge in [0.25, 0.3) is 5.91 Å². The maximum absolute atomic E-state index is 13.6. The van der Waals surface area contributed by atoms with Gasteiger partial charge in [0.15, 0.2) is 16.9 Å². The zero-order valence-corrected chi connectivity index (χ0v) is 19.6. The molecule has 4 rings (SSSR count). The summed E-state index contributed by atoms with van der Waals surface area (Å²) in [5, 5.41) is 0.459. The summed E-state index contributed by atoms with van der Waals surface area (Å²) in [6.45, 7) is 7.49. The second-order valence-electron chi connectivity index (χ2n) is 8.03. The Hall–Kier alpha value is -3.32. The Morgan fingerprint density at radius 1 is 1.00 bits per heavy atom. The number of methoxy groups -OCH3 is 2. The molecular weight excluding hydrogens is 420 g/mol. The van der Waals surface area contributed by atoms with Crippen LogP contribution in [0.3, 0.4) is 0 Å². The Morgan fingerprint density at radius 2 is 1.76 bits per heavy atom. The Balaban J connectivity index is 1.86. The topological polar surface area (TPSA) is 72.2 Å². The molecule has 1 aliphatic heterocycles. The van der Waals surface area contributed by atoms with Crippen LogP contribution in [-0.2, 0) is 0 Å². The average Bonchev–Trinajstić information content (AvgIpc) is 3.12. The van der Waals surface area contributed by atoms with Crippen LogP contribution in [-0.4, -0.2) is 56.1 Å². The molecule has 1 aliphatic rings. The number of para-hydroxylation sites is 2. The van der Waals surface area contributed by atoms with Crippen molar-refractivity contribution in [1.82, 2.24) is 9.80 Å². The van der Waals surface area contributed by atoms with Gasteiger partial charge in [-0.3, -0.25) is 9.59 Å². The zero-order valence-electron chi connectivity index (χ0n) is 19.6. The van der Waals surface area contributed by atoms with Crippen molar-refractivity contribution in [2.24, 2.45) is 0 Å². The average molecular weight is 451 g/mol. The van der Waals surface area contributed by atoms with Crippen LogP contribution in [0.2, 0.25) is 0 Å². The van der Waals surface area contributed by atoms with Crippen molar-refractivity contribution in [3.8, 4) is 11.5 Å². The molecule has 0 bridgehead atoms. The second-order valence-corrected chi connectivity index (χ2v) is 8.03. The quantitative estimate of drug-likeness (QED) is 0.489. The molecule has 1 amide bonds. The highest BCUT2D eigenvalue weighted by molar-refractivity contribution is 5.99. The van der Waals surface area contributed by atoms with E-state index >= 15 is 0 Å². The molecule has 1 atom stereocenters. The monoisotopic (exact) mass is 450 g/mol. The number of carbonyl (C=O) groups is 1. The van der Waals surface area contributed by atoms with Crippen molar-refractivity contribution in [3.05, 3.63) is 69.6 Å². The van der Waals surface area contributed by atoms with E-state index < -0.39 is 6.04 Å². The van der Waals surface area contributed by atoms with Crippen LogP contribution in [0.5, 0.6) is 11.5 Å². The van der Waals surface area contributed by atoms with Gasteiger partial charge in [0.05, 0.1) is 31.2 Å². The molecule has 33 heavy (non-hydrogen) atoms. The predicted octanol–water partition coefficient (Wildman–Crippen LogP) is 4.09. The van der Waals surface area contributed by atoms with Crippen LogP contribution in [0.1, 0.15) is 48.0 Å². The maximum Gasteiger partial charge on any atom is 0.290 e. The van der Waals surface area contributed by atoms with Crippen LogP contribution in [0.25, 0.3) is 11.0 Å². The number of amides is 1. The molecule has 1 aromatic heterocycles. The number of fused-ring (bicyclic) bond motifs is 2. The lowest BCUT2D eigenvalue weighted by molar-refractivity contribution is 0.0718. The standard InChI is InChI=1S/C26H30N2O5/c1-5-27(6-2)15-10-16-28-22(18-12-9-14-20(31-3)24(18)32-4)21-23(29)17-11-7-8-13-19(17)33-25(21)26(28)30/h7-9,11-14,22H,5-6,10,15-16H2,1-4H3/t22-/m1/s1. The van der Waals surface area contributed by atoms with Gasteiger partial charge in [-0.1, -0.05) is 38.1 Å². The van der Waals surface area contributed by atoms with Crippen molar-refractivity contribution in [2.45, 2.75) is 26.3 Å². The van der Waals surface area contributed by atoms with Crippen molar-refractivity contribution in [2.75, 3.05) is 40.4 Å². The van der Waals surface area contributed by atoms with E-state index in [2.05, 4.69) is 18.7 Å². The van der Waals surface area contributed by atoms with E-state index in [1.807, 2.05) is 12.1 Å². The third kappa shape index (κ3) is 3.97. The summed E-state index contributed by atoms with van der Waals surface area (Å²) in [5.74, 6) is 0.884. The molecule has 0 saturated heterocycles. The number of carbonyl (C=O) groups excluding carboxylic acids is 1. The Kier molecular flexibility index (Phi) is 6.70. The highest BCUT2D eigenvalue weighted by Crippen LogP contribution is 2.44. The molecule has 0 N–H and O–H groups in total. The number of rotatable bonds is 9. The van der Waals surface area contributed by atoms with E-state index in [-0.39, 0.29) is 17.1 Å². The van der Waals surface area contributed by atoms with Crippen molar-refractivity contribution < 1.29 is 18.7 Å². The number of hydrogen-bond acceptors (Lipinski definition) is 6. The van der Waals surface area contributed by atoms with Gasteiger partial charge >= 0.3 is 0 Å². The number of ether oxygens (including phenoxy) is 2. The smallest absolute Gasteiger partial charge is 0.290 e. The fraction of sp³-hybridized carbons (Fsp3) is 0.385. The van der Waals surface area contributed by atoms with Gasteiger partial charge in [-0.2, -0.15) is 0 Å². The summed E-state index contributed by atoms with van der Waals surface area (Å²) in [7, 11) is 3.13. The number of hydrogen-bond donors (Lipinski definition) is 0. The number of benzene rings is 2. The Morgan fingerprint density at radius 3 is 2.45 bits per heavy atom. The molecule has 7 heteroatoms. The SMILES string of the molecule is CCN(CC)CCCN1C(=O)c2oc3ccccc3c(=O)c2[C@H]1c1cccc(OC)c1OC. The minimum absolute atomic E-state index is 0.108. The van der Waals surface area contributed by atoms with Gasteiger partial charge in [-0.25, -0.2) is 0 Å². The third-order valence-electron chi connectivity index (χ3n) is 6.37. The van der Waals surface area contributed by atoms with Crippen LogP contribution in [0, 0.1) is 0 Å². The van der Waals surface area contributed by atoms with Gasteiger partial charge in [0.2, 0.25) is 5.76 Å². The summed E-state index contributed by atoms with van der Waals surface area (Å²) in [4.78, 5) is 31.2. The van der Waals surface area contributed by atoms with Crippen molar-refractivity contribution >= 4 is 16.9 Å². The lowest BCUT2D eigenvalue weighted by atomic mass is 9.97. The highest BCUT2D eigenvalue weighted by Gasteiger charge is 2.44. The molecule has 0 fully saturated rings. The normalized spacial score (nSPS) is 15.4. The molecule has 0 unspecified atom stereocenters. The summed E-state index contributed by atoms with van der Waals surface area (Å²) < 4.78 is 17.2. The molecule has 7 nitrogen and oxygen atoms in total. The fourth-order valence-electron chi connectivity index (χ4n) is 4.65. The van der Waals surface area contributed by atoms with Gasteiger partial charge < -0.3 is 23.7 Å². The molecule has 2 heterocycles. The van der Waals surface area contributed by atoms with E-state index in [1.54, 1.807) is 49.5 Å². The summed E-state index contributed by atoms with van der Waals surface area (Å²) in [6.07, 6.45) is 0.776.